The van der Waals surface area contributed by atoms with Crippen LogP contribution in [0.15, 0.2) is 4.52 Å². The molecule has 2 aliphatic heterocycles. The van der Waals surface area contributed by atoms with Crippen LogP contribution in [0.25, 0.3) is 0 Å². The summed E-state index contributed by atoms with van der Waals surface area (Å²) in [5, 5.41) is 3.96. The number of carbonyl (C=O) groups is 1. The number of anilines is 1. The van der Waals surface area contributed by atoms with Gasteiger partial charge in [-0.1, -0.05) is 5.16 Å². The van der Waals surface area contributed by atoms with Crippen LogP contribution in [0.3, 0.4) is 0 Å². The van der Waals surface area contributed by atoms with Gasteiger partial charge < -0.3 is 14.3 Å². The molecule has 3 heterocycles. The third-order valence-corrected chi connectivity index (χ3v) is 7.29. The Morgan fingerprint density at radius 3 is 2.58 bits per heavy atom. The molecule has 3 unspecified atom stereocenters. The van der Waals surface area contributed by atoms with Crippen LogP contribution in [0.5, 0.6) is 0 Å². The summed E-state index contributed by atoms with van der Waals surface area (Å²) in [5.41, 5.74) is 0. The Bertz CT molecular complexity index is 694. The van der Waals surface area contributed by atoms with Gasteiger partial charge in [-0.15, -0.1) is 0 Å². The molecule has 0 spiro atoms. The highest BCUT2D eigenvalue weighted by Crippen LogP contribution is 2.54. The van der Waals surface area contributed by atoms with Crippen molar-refractivity contribution in [3.63, 3.8) is 0 Å². The number of aryl methyl sites for hydroxylation is 1. The maximum Gasteiger partial charge on any atom is 0.324 e. The van der Waals surface area contributed by atoms with Crippen LogP contribution in [0.2, 0.25) is 0 Å². The Morgan fingerprint density at radius 2 is 1.92 bits per heavy atom. The van der Waals surface area contributed by atoms with E-state index in [2.05, 4.69) is 26.9 Å². The average molecular weight is 359 g/mol. The zero-order valence-corrected chi connectivity index (χ0v) is 16.0. The number of amides is 1. The van der Waals surface area contributed by atoms with E-state index >= 15 is 0 Å². The molecule has 7 nitrogen and oxygen atoms in total. The number of aromatic nitrogens is 2. The van der Waals surface area contributed by atoms with Crippen LogP contribution < -0.4 is 4.90 Å². The molecule has 2 aliphatic carbocycles. The fourth-order valence-corrected chi connectivity index (χ4v) is 5.77. The van der Waals surface area contributed by atoms with Crippen LogP contribution in [0.4, 0.5) is 6.01 Å². The van der Waals surface area contributed by atoms with Crippen LogP contribution in [-0.2, 0) is 4.79 Å². The van der Waals surface area contributed by atoms with E-state index in [0.717, 1.165) is 32.1 Å². The van der Waals surface area contributed by atoms with Gasteiger partial charge in [0.05, 0.1) is 0 Å². The second-order valence-corrected chi connectivity index (χ2v) is 8.82. The maximum atomic E-state index is 12.4. The predicted molar refractivity (Wildman–Crippen MR) is 96.7 cm³/mol. The van der Waals surface area contributed by atoms with Crippen molar-refractivity contribution in [2.75, 3.05) is 38.1 Å². The van der Waals surface area contributed by atoms with Crippen molar-refractivity contribution in [2.45, 2.75) is 45.2 Å². The summed E-state index contributed by atoms with van der Waals surface area (Å²) in [6.45, 7) is 8.02. The van der Waals surface area contributed by atoms with E-state index in [9.17, 15) is 4.79 Å². The molecule has 4 fully saturated rings. The smallest absolute Gasteiger partial charge is 0.324 e. The minimum absolute atomic E-state index is 0.300. The molecule has 26 heavy (non-hydrogen) atoms. The molecule has 142 valence electrons. The van der Waals surface area contributed by atoms with Crippen molar-refractivity contribution >= 4 is 11.9 Å². The summed E-state index contributed by atoms with van der Waals surface area (Å²) in [6.07, 6.45) is 3.71. The predicted octanol–water partition coefficient (Wildman–Crippen LogP) is 1.39. The number of carbonyl (C=O) groups excluding carboxylic acids is 1. The first-order valence-electron chi connectivity index (χ1n) is 10.1. The first-order chi connectivity index (χ1) is 12.5. The molecule has 5 rings (SSSR count). The van der Waals surface area contributed by atoms with E-state index in [4.69, 9.17) is 4.52 Å². The molecule has 1 amide bonds. The first-order valence-corrected chi connectivity index (χ1v) is 10.1. The molecular weight excluding hydrogens is 330 g/mol. The van der Waals surface area contributed by atoms with E-state index in [1.54, 1.807) is 0 Å². The lowest BCUT2D eigenvalue weighted by Crippen LogP contribution is -2.43. The van der Waals surface area contributed by atoms with Gasteiger partial charge >= 0.3 is 6.01 Å². The number of piperidine rings is 1. The minimum atomic E-state index is 0.300. The van der Waals surface area contributed by atoms with E-state index < -0.39 is 0 Å². The Labute approximate surface area is 154 Å². The van der Waals surface area contributed by atoms with Crippen molar-refractivity contribution in [3.8, 4) is 0 Å². The Balaban J connectivity index is 1.20. The number of fused-ring (bicyclic) bond motifs is 3. The molecule has 0 radical (unpaired) electrons. The molecule has 0 aromatic carbocycles. The van der Waals surface area contributed by atoms with Gasteiger partial charge in [0.25, 0.3) is 0 Å². The van der Waals surface area contributed by atoms with Crippen molar-refractivity contribution in [1.29, 1.82) is 0 Å². The average Bonchev–Trinajstić information content (AvgIpc) is 3.01. The molecule has 6 atom stereocenters. The summed E-state index contributed by atoms with van der Waals surface area (Å²) in [5.74, 6) is 3.31. The second kappa shape index (κ2) is 5.94. The zero-order valence-electron chi connectivity index (χ0n) is 16.0. The molecule has 1 aromatic rings. The molecule has 0 N–H and O–H groups in total. The number of rotatable bonds is 4. The van der Waals surface area contributed by atoms with Crippen molar-refractivity contribution in [3.05, 3.63) is 5.82 Å². The van der Waals surface area contributed by atoms with Gasteiger partial charge in [-0.3, -0.25) is 9.69 Å². The summed E-state index contributed by atoms with van der Waals surface area (Å²) in [4.78, 5) is 23.8. The summed E-state index contributed by atoms with van der Waals surface area (Å²) >= 11 is 0. The van der Waals surface area contributed by atoms with Gasteiger partial charge in [0.2, 0.25) is 5.91 Å². The molecule has 2 saturated carbocycles. The molecule has 7 heteroatoms. The monoisotopic (exact) mass is 359 g/mol. The molecule has 1 aromatic heterocycles. The molecule has 2 bridgehead atoms. The lowest BCUT2D eigenvalue weighted by atomic mass is 9.85. The quantitative estimate of drug-likeness (QED) is 0.809. The summed E-state index contributed by atoms with van der Waals surface area (Å²) in [6, 6.07) is 1.88. The Hall–Kier alpha value is -1.63. The number of nitrogens with zero attached hydrogens (tertiary/aromatic N) is 5. The van der Waals surface area contributed by atoms with Crippen LogP contribution in [0.1, 0.15) is 32.0 Å². The number of hydrogen-bond donors (Lipinski definition) is 0. The lowest BCUT2D eigenvalue weighted by molar-refractivity contribution is -0.132. The highest BCUT2D eigenvalue weighted by Gasteiger charge is 2.61. The van der Waals surface area contributed by atoms with Gasteiger partial charge in [-0.25, -0.2) is 0 Å². The normalized spacial score (nSPS) is 38.5. The summed E-state index contributed by atoms with van der Waals surface area (Å²) < 4.78 is 5.42. The second-order valence-electron chi connectivity index (χ2n) is 8.82. The van der Waals surface area contributed by atoms with Gasteiger partial charge in [0.15, 0.2) is 5.82 Å². The Kier molecular flexibility index (Phi) is 3.78. The lowest BCUT2D eigenvalue weighted by Gasteiger charge is -2.36. The van der Waals surface area contributed by atoms with Gasteiger partial charge in [0, 0.05) is 51.2 Å². The molecule has 4 aliphatic rings. The van der Waals surface area contributed by atoms with Gasteiger partial charge in [-0.05, 0) is 50.9 Å². The van der Waals surface area contributed by atoms with E-state index in [-0.39, 0.29) is 0 Å². The van der Waals surface area contributed by atoms with Gasteiger partial charge in [-0.2, -0.15) is 4.98 Å². The zero-order chi connectivity index (χ0) is 18.0. The van der Waals surface area contributed by atoms with Crippen LogP contribution >= 0.6 is 0 Å². The molecule has 2 saturated heterocycles. The highest BCUT2D eigenvalue weighted by atomic mass is 16.5. The maximum absolute atomic E-state index is 12.4. The van der Waals surface area contributed by atoms with Crippen LogP contribution in [-0.4, -0.2) is 71.2 Å². The minimum Gasteiger partial charge on any atom is -0.346 e. The first kappa shape index (κ1) is 16.5. The van der Waals surface area contributed by atoms with Crippen molar-refractivity contribution < 1.29 is 9.32 Å². The standard InChI is InChI=1S/C19H29N5O2/c1-4-22(3)18(25)17-15-9-23(10-16(15)17)13-5-12-6-14(7-13)24(8-12)19-20-11(2)21-26-19/h12-17H,4-10H2,1-3H3/t12?,13?,14?,15-,16+,17-. The van der Waals surface area contributed by atoms with Crippen LogP contribution in [0, 0.1) is 30.6 Å². The topological polar surface area (TPSA) is 65.7 Å². The third kappa shape index (κ3) is 2.54. The molecular formula is C19H29N5O2. The van der Waals surface area contributed by atoms with E-state index in [0.29, 0.717) is 47.6 Å². The summed E-state index contributed by atoms with van der Waals surface area (Å²) in [7, 11) is 1.93. The van der Waals surface area contributed by atoms with Gasteiger partial charge in [0.1, 0.15) is 0 Å². The third-order valence-electron chi connectivity index (χ3n) is 7.29. The largest absolute Gasteiger partial charge is 0.346 e. The fraction of sp³-hybridized carbons (Fsp3) is 0.842. The van der Waals surface area contributed by atoms with Crippen molar-refractivity contribution in [2.24, 2.45) is 23.7 Å². The van der Waals surface area contributed by atoms with E-state index in [1.807, 2.05) is 18.9 Å². The highest BCUT2D eigenvalue weighted by molar-refractivity contribution is 5.82. The number of hydrogen-bond acceptors (Lipinski definition) is 6. The van der Waals surface area contributed by atoms with Crippen molar-refractivity contribution in [1.82, 2.24) is 19.9 Å². The number of likely N-dealkylation sites (tertiary alicyclic amines) is 1. The Morgan fingerprint density at radius 1 is 1.19 bits per heavy atom. The SMILES string of the molecule is CCN(C)C(=O)[C@@H]1[C@@H]2CN(C3CC4CC(C3)N(c3nc(C)no3)C4)C[C@@H]21. The fourth-order valence-electron chi connectivity index (χ4n) is 5.77. The van der Waals surface area contributed by atoms with E-state index in [1.165, 1.54) is 19.3 Å².